The lowest BCUT2D eigenvalue weighted by molar-refractivity contribution is -0.124. The number of nitrogens with zero attached hydrogens (tertiary/aromatic N) is 1. The van der Waals surface area contributed by atoms with Crippen LogP contribution in [0.2, 0.25) is 0 Å². The summed E-state index contributed by atoms with van der Waals surface area (Å²) in [6, 6.07) is 9.01. The number of hydrogen-bond acceptors (Lipinski definition) is 5. The van der Waals surface area contributed by atoms with E-state index in [2.05, 4.69) is 16.7 Å². The number of thioether (sulfide) groups is 1. The van der Waals surface area contributed by atoms with E-state index >= 15 is 0 Å². The maximum absolute atomic E-state index is 11.9. The Kier molecular flexibility index (Phi) is 4.62. The molecule has 1 aliphatic heterocycles. The Balaban J connectivity index is 2.02. The summed E-state index contributed by atoms with van der Waals surface area (Å²) >= 11 is 1.19. The molecule has 0 saturated carbocycles. The standard InChI is InChI=1S/C15H17N3O3S/c1-15(2,3)18-14(20)21-13-11(19)17-12(22-13)10-6-4-5-9(7-10)8-16/h4-7,12-13H,1-3H3,(H,17,19)(H,18,20). The van der Waals surface area contributed by atoms with Gasteiger partial charge in [-0.25, -0.2) is 4.79 Å². The molecule has 1 saturated heterocycles. The van der Waals surface area contributed by atoms with Gasteiger partial charge in [-0.15, -0.1) is 0 Å². The zero-order valence-electron chi connectivity index (χ0n) is 12.5. The molecule has 0 radical (unpaired) electrons. The van der Waals surface area contributed by atoms with Crippen LogP contribution in [0.1, 0.15) is 37.3 Å². The topological polar surface area (TPSA) is 91.2 Å². The Labute approximate surface area is 133 Å². The largest absolute Gasteiger partial charge is 0.425 e. The number of hydrogen-bond donors (Lipinski definition) is 2. The van der Waals surface area contributed by atoms with E-state index in [0.29, 0.717) is 5.56 Å². The highest BCUT2D eigenvalue weighted by atomic mass is 32.2. The predicted molar refractivity (Wildman–Crippen MR) is 82.8 cm³/mol. The fourth-order valence-corrected chi connectivity index (χ4v) is 2.93. The third kappa shape index (κ3) is 4.15. The lowest BCUT2D eigenvalue weighted by atomic mass is 10.1. The number of amides is 2. The molecule has 2 unspecified atom stereocenters. The minimum absolute atomic E-state index is 0.340. The lowest BCUT2D eigenvalue weighted by Crippen LogP contribution is -2.43. The van der Waals surface area contributed by atoms with Gasteiger partial charge in [0.1, 0.15) is 5.37 Å². The van der Waals surface area contributed by atoms with Gasteiger partial charge in [0.05, 0.1) is 11.6 Å². The molecule has 6 nitrogen and oxygen atoms in total. The molecule has 116 valence electrons. The molecule has 7 heteroatoms. The van der Waals surface area contributed by atoms with Crippen molar-refractivity contribution < 1.29 is 14.3 Å². The van der Waals surface area contributed by atoms with E-state index in [1.807, 2.05) is 26.8 Å². The summed E-state index contributed by atoms with van der Waals surface area (Å²) in [7, 11) is 0. The minimum Gasteiger partial charge on any atom is -0.425 e. The molecule has 1 fully saturated rings. The van der Waals surface area contributed by atoms with Gasteiger partial charge >= 0.3 is 6.09 Å². The van der Waals surface area contributed by atoms with Gasteiger partial charge in [0.15, 0.2) is 0 Å². The van der Waals surface area contributed by atoms with Gasteiger partial charge in [0.2, 0.25) is 5.44 Å². The van der Waals surface area contributed by atoms with Crippen LogP contribution in [0.4, 0.5) is 4.79 Å². The molecule has 2 N–H and O–H groups in total. The van der Waals surface area contributed by atoms with Gasteiger partial charge in [0, 0.05) is 5.54 Å². The number of alkyl carbamates (subject to hydrolysis) is 1. The van der Waals surface area contributed by atoms with Crippen molar-refractivity contribution in [1.29, 1.82) is 5.26 Å². The van der Waals surface area contributed by atoms with Crippen LogP contribution in [-0.2, 0) is 9.53 Å². The third-order valence-electron chi connectivity index (χ3n) is 2.76. The Hall–Kier alpha value is -2.20. The average molecular weight is 319 g/mol. The van der Waals surface area contributed by atoms with E-state index in [0.717, 1.165) is 5.56 Å². The summed E-state index contributed by atoms with van der Waals surface area (Å²) in [5.74, 6) is -0.360. The van der Waals surface area contributed by atoms with Crippen molar-refractivity contribution >= 4 is 23.8 Å². The first-order valence-corrected chi connectivity index (χ1v) is 7.67. The van der Waals surface area contributed by atoms with E-state index in [9.17, 15) is 9.59 Å². The van der Waals surface area contributed by atoms with Crippen molar-refractivity contribution in [2.75, 3.05) is 0 Å². The molecule has 0 aromatic heterocycles. The van der Waals surface area contributed by atoms with Crippen molar-refractivity contribution in [1.82, 2.24) is 10.6 Å². The fourth-order valence-electron chi connectivity index (χ4n) is 1.86. The fraction of sp³-hybridized carbons (Fsp3) is 0.400. The molecular formula is C15H17N3O3S. The quantitative estimate of drug-likeness (QED) is 0.872. The maximum atomic E-state index is 11.9. The van der Waals surface area contributed by atoms with Gasteiger partial charge < -0.3 is 15.4 Å². The zero-order chi connectivity index (χ0) is 16.3. The van der Waals surface area contributed by atoms with Crippen LogP contribution in [0.5, 0.6) is 0 Å². The number of rotatable bonds is 2. The molecule has 1 aliphatic rings. The molecule has 1 aromatic rings. The van der Waals surface area contributed by atoms with Crippen LogP contribution in [0.25, 0.3) is 0 Å². The first kappa shape index (κ1) is 16.2. The Morgan fingerprint density at radius 2 is 2.18 bits per heavy atom. The van der Waals surface area contributed by atoms with E-state index in [4.69, 9.17) is 10.00 Å². The number of nitrogens with one attached hydrogen (secondary N) is 2. The normalized spacial score (nSPS) is 20.9. The van der Waals surface area contributed by atoms with Crippen molar-refractivity contribution in [2.45, 2.75) is 37.1 Å². The molecule has 0 aliphatic carbocycles. The highest BCUT2D eigenvalue weighted by Crippen LogP contribution is 2.36. The summed E-state index contributed by atoms with van der Waals surface area (Å²) in [6.07, 6.45) is -0.633. The second kappa shape index (κ2) is 6.28. The minimum atomic E-state index is -0.905. The summed E-state index contributed by atoms with van der Waals surface area (Å²) in [6.45, 7) is 5.48. The Morgan fingerprint density at radius 1 is 1.45 bits per heavy atom. The van der Waals surface area contributed by atoms with Crippen LogP contribution >= 0.6 is 11.8 Å². The van der Waals surface area contributed by atoms with Gasteiger partial charge in [0.25, 0.3) is 5.91 Å². The molecule has 2 rings (SSSR count). The molecule has 22 heavy (non-hydrogen) atoms. The van der Waals surface area contributed by atoms with Crippen LogP contribution in [0, 0.1) is 11.3 Å². The van der Waals surface area contributed by atoms with E-state index in [1.165, 1.54) is 11.8 Å². The number of ether oxygens (including phenoxy) is 1. The Morgan fingerprint density at radius 3 is 2.82 bits per heavy atom. The molecule has 2 atom stereocenters. The van der Waals surface area contributed by atoms with E-state index in [1.54, 1.807) is 18.2 Å². The molecule has 0 spiro atoms. The summed E-state index contributed by atoms with van der Waals surface area (Å²) in [5, 5.41) is 14.0. The third-order valence-corrected chi connectivity index (χ3v) is 3.98. The summed E-state index contributed by atoms with van der Waals surface area (Å²) in [4.78, 5) is 23.6. The van der Waals surface area contributed by atoms with Gasteiger partial charge in [-0.1, -0.05) is 23.9 Å². The van der Waals surface area contributed by atoms with E-state index < -0.39 is 17.1 Å². The first-order valence-electron chi connectivity index (χ1n) is 6.73. The molecule has 1 heterocycles. The van der Waals surface area contributed by atoms with Crippen molar-refractivity contribution in [2.24, 2.45) is 0 Å². The Bertz CT molecular complexity index is 634. The van der Waals surface area contributed by atoms with Crippen LogP contribution in [0.3, 0.4) is 0 Å². The molecular weight excluding hydrogens is 302 g/mol. The summed E-state index contributed by atoms with van der Waals surface area (Å²) in [5.41, 5.74) is -0.0304. The average Bonchev–Trinajstić information content (AvgIpc) is 2.78. The molecule has 2 amide bonds. The molecule has 1 aromatic carbocycles. The first-order chi connectivity index (χ1) is 10.3. The van der Waals surface area contributed by atoms with Gasteiger partial charge in [-0.3, -0.25) is 4.79 Å². The highest BCUT2D eigenvalue weighted by molar-refractivity contribution is 8.01. The van der Waals surface area contributed by atoms with Crippen LogP contribution < -0.4 is 10.6 Å². The maximum Gasteiger partial charge on any atom is 0.409 e. The SMILES string of the molecule is CC(C)(C)NC(=O)OC1SC(c2cccc(C#N)c2)NC1=O. The second-order valence-corrected chi connectivity index (χ2v) is 7.05. The van der Waals surface area contributed by atoms with Crippen LogP contribution in [0.15, 0.2) is 24.3 Å². The van der Waals surface area contributed by atoms with Crippen molar-refractivity contribution in [3.63, 3.8) is 0 Å². The smallest absolute Gasteiger partial charge is 0.409 e. The number of nitriles is 1. The lowest BCUT2D eigenvalue weighted by Gasteiger charge is -2.21. The highest BCUT2D eigenvalue weighted by Gasteiger charge is 2.37. The number of carbonyl (C=O) groups is 2. The van der Waals surface area contributed by atoms with Gasteiger partial charge in [-0.05, 0) is 38.5 Å². The zero-order valence-corrected chi connectivity index (χ0v) is 13.4. The second-order valence-electron chi connectivity index (χ2n) is 5.87. The predicted octanol–water partition coefficient (Wildman–Crippen LogP) is 2.27. The number of carbonyl (C=O) groups excluding carboxylic acids is 2. The van der Waals surface area contributed by atoms with Gasteiger partial charge in [-0.2, -0.15) is 5.26 Å². The summed E-state index contributed by atoms with van der Waals surface area (Å²) < 4.78 is 5.14. The van der Waals surface area contributed by atoms with Crippen molar-refractivity contribution in [3.8, 4) is 6.07 Å². The number of benzene rings is 1. The van der Waals surface area contributed by atoms with E-state index in [-0.39, 0.29) is 11.3 Å². The van der Waals surface area contributed by atoms with Crippen molar-refractivity contribution in [3.05, 3.63) is 35.4 Å². The van der Waals surface area contributed by atoms with Crippen LogP contribution in [-0.4, -0.2) is 23.0 Å². The monoisotopic (exact) mass is 319 g/mol. The molecule has 0 bridgehead atoms.